The normalized spacial score (nSPS) is 10.6. The number of carbonyl (C=O) groups excluding carboxylic acids is 1. The summed E-state index contributed by atoms with van der Waals surface area (Å²) >= 11 is 0. The largest absolute Gasteiger partial charge is 0.311 e. The Kier molecular flexibility index (Phi) is 3.82. The SMILES string of the molecule is CCn1c(CCC(C)=O)nnc1-c1cccnc1. The van der Waals surface area contributed by atoms with Gasteiger partial charge in [-0.25, -0.2) is 0 Å². The van der Waals surface area contributed by atoms with Crippen LogP contribution in [0, 0.1) is 0 Å². The zero-order valence-electron chi connectivity index (χ0n) is 10.6. The minimum absolute atomic E-state index is 0.170. The van der Waals surface area contributed by atoms with Crippen LogP contribution in [0.25, 0.3) is 11.4 Å². The van der Waals surface area contributed by atoms with E-state index >= 15 is 0 Å². The Hall–Kier alpha value is -2.04. The molecule has 0 unspecified atom stereocenters. The number of carbonyl (C=O) groups is 1. The Morgan fingerprint density at radius 3 is 2.83 bits per heavy atom. The molecule has 0 aliphatic carbocycles. The molecule has 2 rings (SSSR count). The molecule has 18 heavy (non-hydrogen) atoms. The smallest absolute Gasteiger partial charge is 0.165 e. The van der Waals surface area contributed by atoms with Crippen molar-refractivity contribution in [1.82, 2.24) is 19.7 Å². The first kappa shape index (κ1) is 12.4. The van der Waals surface area contributed by atoms with Crippen LogP contribution in [0.1, 0.15) is 26.1 Å². The number of aryl methyl sites for hydroxylation is 1. The lowest BCUT2D eigenvalue weighted by atomic mass is 10.2. The van der Waals surface area contributed by atoms with Gasteiger partial charge in [0.25, 0.3) is 0 Å². The first-order chi connectivity index (χ1) is 8.72. The lowest BCUT2D eigenvalue weighted by Gasteiger charge is -2.06. The van der Waals surface area contributed by atoms with Gasteiger partial charge < -0.3 is 9.36 Å². The summed E-state index contributed by atoms with van der Waals surface area (Å²) in [4.78, 5) is 15.1. The van der Waals surface area contributed by atoms with E-state index < -0.39 is 0 Å². The molecule has 0 spiro atoms. The maximum absolute atomic E-state index is 11.0. The van der Waals surface area contributed by atoms with Crippen molar-refractivity contribution in [1.29, 1.82) is 0 Å². The van der Waals surface area contributed by atoms with Crippen LogP contribution in [0.3, 0.4) is 0 Å². The first-order valence-corrected chi connectivity index (χ1v) is 6.04. The van der Waals surface area contributed by atoms with Gasteiger partial charge in [0.2, 0.25) is 0 Å². The van der Waals surface area contributed by atoms with Crippen LogP contribution >= 0.6 is 0 Å². The maximum Gasteiger partial charge on any atom is 0.165 e. The molecule has 0 amide bonds. The standard InChI is InChI=1S/C13H16N4O/c1-3-17-12(7-6-10(2)18)15-16-13(17)11-5-4-8-14-9-11/h4-5,8-9H,3,6-7H2,1-2H3. The first-order valence-electron chi connectivity index (χ1n) is 6.04. The van der Waals surface area contributed by atoms with Crippen LogP contribution in [0.4, 0.5) is 0 Å². The van der Waals surface area contributed by atoms with Gasteiger partial charge in [-0.3, -0.25) is 4.98 Å². The fraction of sp³-hybridized carbons (Fsp3) is 0.385. The molecule has 0 saturated heterocycles. The lowest BCUT2D eigenvalue weighted by molar-refractivity contribution is -0.117. The summed E-state index contributed by atoms with van der Waals surface area (Å²) < 4.78 is 2.03. The summed E-state index contributed by atoms with van der Waals surface area (Å²) in [7, 11) is 0. The molecule has 0 radical (unpaired) electrons. The Morgan fingerprint density at radius 1 is 1.39 bits per heavy atom. The summed E-state index contributed by atoms with van der Waals surface area (Å²) in [5, 5.41) is 8.37. The van der Waals surface area contributed by atoms with Gasteiger partial charge in [-0.1, -0.05) is 0 Å². The molecular formula is C13H16N4O. The Balaban J connectivity index is 2.30. The zero-order chi connectivity index (χ0) is 13.0. The van der Waals surface area contributed by atoms with Crippen LogP contribution in [-0.4, -0.2) is 25.5 Å². The van der Waals surface area contributed by atoms with Gasteiger partial charge in [-0.05, 0) is 26.0 Å². The van der Waals surface area contributed by atoms with Crippen LogP contribution < -0.4 is 0 Å². The van der Waals surface area contributed by atoms with E-state index in [1.54, 1.807) is 19.3 Å². The Bertz CT molecular complexity index is 533. The summed E-state index contributed by atoms with van der Waals surface area (Å²) in [6.45, 7) is 4.42. The van der Waals surface area contributed by atoms with E-state index in [0.29, 0.717) is 12.8 Å². The highest BCUT2D eigenvalue weighted by atomic mass is 16.1. The number of pyridine rings is 1. The number of ketones is 1. The lowest BCUT2D eigenvalue weighted by Crippen LogP contribution is -2.05. The van der Waals surface area contributed by atoms with Gasteiger partial charge in [0.05, 0.1) is 0 Å². The number of aromatic nitrogens is 4. The molecule has 94 valence electrons. The molecule has 0 aliphatic heterocycles. The molecule has 0 saturated carbocycles. The minimum atomic E-state index is 0.170. The Labute approximate surface area is 106 Å². The minimum Gasteiger partial charge on any atom is -0.311 e. The molecule has 0 aromatic carbocycles. The van der Waals surface area contributed by atoms with Crippen molar-refractivity contribution in [3.63, 3.8) is 0 Å². The van der Waals surface area contributed by atoms with Crippen molar-refractivity contribution >= 4 is 5.78 Å². The molecule has 5 nitrogen and oxygen atoms in total. The fourth-order valence-corrected chi connectivity index (χ4v) is 1.85. The number of Topliss-reactive ketones (excluding diaryl/α,β-unsaturated/α-hetero) is 1. The van der Waals surface area contributed by atoms with Gasteiger partial charge in [-0.2, -0.15) is 0 Å². The molecule has 0 N–H and O–H groups in total. The second-order valence-corrected chi connectivity index (χ2v) is 4.13. The highest BCUT2D eigenvalue weighted by Gasteiger charge is 2.12. The molecule has 0 aliphatic rings. The summed E-state index contributed by atoms with van der Waals surface area (Å²) in [6.07, 6.45) is 4.64. The van der Waals surface area contributed by atoms with Crippen molar-refractivity contribution in [3.05, 3.63) is 30.4 Å². The van der Waals surface area contributed by atoms with Crippen molar-refractivity contribution in [2.45, 2.75) is 33.2 Å². The average Bonchev–Trinajstić information content (AvgIpc) is 2.80. The van der Waals surface area contributed by atoms with E-state index in [9.17, 15) is 4.79 Å². The molecule has 0 atom stereocenters. The third-order valence-corrected chi connectivity index (χ3v) is 2.76. The topological polar surface area (TPSA) is 60.7 Å². The maximum atomic E-state index is 11.0. The molecule has 0 fully saturated rings. The monoisotopic (exact) mass is 244 g/mol. The summed E-state index contributed by atoms with van der Waals surface area (Å²) in [5.41, 5.74) is 0.945. The summed E-state index contributed by atoms with van der Waals surface area (Å²) in [6, 6.07) is 3.83. The number of hydrogen-bond donors (Lipinski definition) is 0. The highest BCUT2D eigenvalue weighted by Crippen LogP contribution is 2.17. The van der Waals surface area contributed by atoms with Crippen molar-refractivity contribution < 1.29 is 4.79 Å². The molecule has 2 aromatic rings. The predicted octanol–water partition coefficient (Wildman–Crippen LogP) is 1.88. The van der Waals surface area contributed by atoms with Crippen LogP contribution in [0.15, 0.2) is 24.5 Å². The second-order valence-electron chi connectivity index (χ2n) is 4.13. The van der Waals surface area contributed by atoms with Crippen molar-refractivity contribution in [2.24, 2.45) is 0 Å². The third-order valence-electron chi connectivity index (χ3n) is 2.76. The highest BCUT2D eigenvalue weighted by molar-refractivity contribution is 5.75. The zero-order valence-corrected chi connectivity index (χ0v) is 10.6. The van der Waals surface area contributed by atoms with Gasteiger partial charge in [0.1, 0.15) is 11.6 Å². The van der Waals surface area contributed by atoms with Crippen LogP contribution in [0.5, 0.6) is 0 Å². The molecule has 0 bridgehead atoms. The number of hydrogen-bond acceptors (Lipinski definition) is 4. The predicted molar refractivity (Wildman–Crippen MR) is 67.9 cm³/mol. The van der Waals surface area contributed by atoms with Gasteiger partial charge in [0.15, 0.2) is 5.82 Å². The quantitative estimate of drug-likeness (QED) is 0.805. The molecule has 5 heteroatoms. The van der Waals surface area contributed by atoms with E-state index in [0.717, 1.165) is 23.8 Å². The van der Waals surface area contributed by atoms with E-state index in [1.807, 2.05) is 23.6 Å². The van der Waals surface area contributed by atoms with E-state index in [2.05, 4.69) is 15.2 Å². The van der Waals surface area contributed by atoms with Crippen LogP contribution in [0.2, 0.25) is 0 Å². The number of nitrogens with zero attached hydrogens (tertiary/aromatic N) is 4. The molecule has 2 aromatic heterocycles. The van der Waals surface area contributed by atoms with Crippen molar-refractivity contribution in [3.8, 4) is 11.4 Å². The fourth-order valence-electron chi connectivity index (χ4n) is 1.85. The van der Waals surface area contributed by atoms with E-state index in [-0.39, 0.29) is 5.78 Å². The van der Waals surface area contributed by atoms with Gasteiger partial charge in [0, 0.05) is 37.3 Å². The molecular weight excluding hydrogens is 228 g/mol. The van der Waals surface area contributed by atoms with Gasteiger partial charge in [-0.15, -0.1) is 10.2 Å². The van der Waals surface area contributed by atoms with E-state index in [1.165, 1.54) is 0 Å². The second kappa shape index (κ2) is 5.53. The average molecular weight is 244 g/mol. The van der Waals surface area contributed by atoms with Crippen molar-refractivity contribution in [2.75, 3.05) is 0 Å². The summed E-state index contributed by atoms with van der Waals surface area (Å²) in [5.74, 6) is 1.83. The van der Waals surface area contributed by atoms with E-state index in [4.69, 9.17) is 0 Å². The van der Waals surface area contributed by atoms with Gasteiger partial charge >= 0.3 is 0 Å². The Morgan fingerprint density at radius 2 is 2.22 bits per heavy atom. The third kappa shape index (κ3) is 2.61. The number of rotatable bonds is 5. The molecule has 2 heterocycles. The van der Waals surface area contributed by atoms with Crippen LogP contribution in [-0.2, 0) is 17.8 Å².